The van der Waals surface area contributed by atoms with E-state index in [4.69, 9.17) is 11.6 Å². The fourth-order valence-corrected chi connectivity index (χ4v) is 4.73. The summed E-state index contributed by atoms with van der Waals surface area (Å²) in [5, 5.41) is 16.4. The number of fused-ring (bicyclic) bond motifs is 2. The molecule has 5 nitrogen and oxygen atoms in total. The highest BCUT2D eigenvalue weighted by Crippen LogP contribution is 2.29. The van der Waals surface area contributed by atoms with Crippen LogP contribution in [0.1, 0.15) is 27.2 Å². The number of aromatic carboxylic acids is 1. The van der Waals surface area contributed by atoms with Crippen LogP contribution in [-0.4, -0.2) is 27.2 Å². The summed E-state index contributed by atoms with van der Waals surface area (Å²) in [6.45, 7) is 1.61. The molecule has 0 saturated heterocycles. The van der Waals surface area contributed by atoms with Crippen LogP contribution in [0.3, 0.4) is 0 Å². The van der Waals surface area contributed by atoms with Crippen molar-refractivity contribution in [2.24, 2.45) is 0 Å². The molecule has 0 saturated carbocycles. The third kappa shape index (κ3) is 4.13. The first-order valence-corrected chi connectivity index (χ1v) is 11.3. The number of aromatic amines is 1. The molecule has 2 heterocycles. The Morgan fingerprint density at radius 2 is 1.67 bits per heavy atom. The lowest BCUT2D eigenvalue weighted by Gasteiger charge is -2.11. The van der Waals surface area contributed by atoms with Crippen LogP contribution in [-0.2, 0) is 19.5 Å². The fraction of sp³-hybridized carbons (Fsp3) is 0.148. The zero-order chi connectivity index (χ0) is 22.8. The van der Waals surface area contributed by atoms with Gasteiger partial charge in [0.2, 0.25) is 0 Å². The first-order valence-electron chi connectivity index (χ1n) is 11.0. The van der Waals surface area contributed by atoms with E-state index in [2.05, 4.69) is 22.4 Å². The van der Waals surface area contributed by atoms with Crippen LogP contribution in [0.2, 0.25) is 5.02 Å². The maximum atomic E-state index is 12.4. The number of nitrogens with zero attached hydrogens (tertiary/aromatic N) is 1. The minimum absolute atomic E-state index is 0.302. The van der Waals surface area contributed by atoms with E-state index < -0.39 is 5.97 Å². The van der Waals surface area contributed by atoms with E-state index in [0.29, 0.717) is 23.8 Å². The number of carboxylic acid groups (broad SMARTS) is 1. The van der Waals surface area contributed by atoms with Crippen molar-refractivity contribution < 1.29 is 9.90 Å². The summed E-state index contributed by atoms with van der Waals surface area (Å²) in [5.41, 5.74) is 5.25. The summed E-state index contributed by atoms with van der Waals surface area (Å²) < 4.78 is 1.86. The molecule has 0 amide bonds. The van der Waals surface area contributed by atoms with Crippen molar-refractivity contribution in [1.29, 1.82) is 0 Å². The van der Waals surface area contributed by atoms with Crippen molar-refractivity contribution in [2.75, 3.05) is 6.54 Å². The van der Waals surface area contributed by atoms with Gasteiger partial charge in [-0.15, -0.1) is 0 Å². The molecule has 33 heavy (non-hydrogen) atoms. The van der Waals surface area contributed by atoms with Crippen molar-refractivity contribution in [1.82, 2.24) is 14.9 Å². The number of para-hydroxylation sites is 2. The van der Waals surface area contributed by atoms with Crippen LogP contribution in [0.4, 0.5) is 0 Å². The molecule has 0 bridgehead atoms. The molecule has 6 heteroatoms. The molecule has 5 rings (SSSR count). The number of aromatic nitrogens is 2. The monoisotopic (exact) mass is 457 g/mol. The van der Waals surface area contributed by atoms with Crippen LogP contribution in [0.5, 0.6) is 0 Å². The van der Waals surface area contributed by atoms with Gasteiger partial charge in [-0.25, -0.2) is 4.79 Å². The lowest BCUT2D eigenvalue weighted by atomic mass is 10.1. The Morgan fingerprint density at radius 1 is 0.939 bits per heavy atom. The maximum Gasteiger partial charge on any atom is 0.352 e. The minimum Gasteiger partial charge on any atom is -0.477 e. The Bertz CT molecular complexity index is 1450. The Kier molecular flexibility index (Phi) is 5.90. The van der Waals surface area contributed by atoms with Gasteiger partial charge in [0.05, 0.1) is 0 Å². The fourth-order valence-electron chi connectivity index (χ4n) is 4.53. The topological polar surface area (TPSA) is 70.1 Å². The van der Waals surface area contributed by atoms with Crippen LogP contribution in [0.15, 0.2) is 79.0 Å². The van der Waals surface area contributed by atoms with E-state index in [0.717, 1.165) is 40.5 Å². The maximum absolute atomic E-state index is 12.4. The normalized spacial score (nSPS) is 11.4. The molecular formula is C27H24ClN3O2. The van der Waals surface area contributed by atoms with Gasteiger partial charge < -0.3 is 20.0 Å². The van der Waals surface area contributed by atoms with E-state index in [-0.39, 0.29) is 0 Å². The molecule has 3 aromatic carbocycles. The largest absolute Gasteiger partial charge is 0.477 e. The molecule has 0 fully saturated rings. The average Bonchev–Trinajstić information content (AvgIpc) is 3.37. The summed E-state index contributed by atoms with van der Waals surface area (Å²) in [5.74, 6) is -0.938. The molecule has 0 radical (unpaired) electrons. The summed E-state index contributed by atoms with van der Waals surface area (Å²) in [4.78, 5) is 15.7. The van der Waals surface area contributed by atoms with Gasteiger partial charge in [-0.1, -0.05) is 66.2 Å². The van der Waals surface area contributed by atoms with Crippen molar-refractivity contribution in [3.05, 3.63) is 106 Å². The summed E-state index contributed by atoms with van der Waals surface area (Å²) in [6, 6.07) is 23.6. The predicted octanol–water partition coefficient (Wildman–Crippen LogP) is 5.85. The molecule has 0 atom stereocenters. The summed E-state index contributed by atoms with van der Waals surface area (Å²) >= 11 is 6.38. The van der Waals surface area contributed by atoms with Gasteiger partial charge in [-0.2, -0.15) is 0 Å². The Morgan fingerprint density at radius 3 is 2.48 bits per heavy atom. The Balaban J connectivity index is 1.42. The van der Waals surface area contributed by atoms with Gasteiger partial charge >= 0.3 is 5.97 Å². The van der Waals surface area contributed by atoms with Gasteiger partial charge in [0.15, 0.2) is 0 Å². The summed E-state index contributed by atoms with van der Waals surface area (Å²) in [7, 11) is 0. The number of hydrogen-bond acceptors (Lipinski definition) is 2. The number of carboxylic acids is 1. The summed E-state index contributed by atoms with van der Waals surface area (Å²) in [6.07, 6.45) is 2.90. The third-order valence-electron chi connectivity index (χ3n) is 6.11. The Hall–Kier alpha value is -3.54. The number of carbonyl (C=O) groups is 1. The zero-order valence-corrected chi connectivity index (χ0v) is 18.8. The zero-order valence-electron chi connectivity index (χ0n) is 18.0. The molecule has 0 aliphatic carbocycles. The van der Waals surface area contributed by atoms with Gasteiger partial charge in [0, 0.05) is 51.7 Å². The van der Waals surface area contributed by atoms with E-state index in [9.17, 15) is 9.90 Å². The molecule has 3 N–H and O–H groups in total. The second kappa shape index (κ2) is 9.14. The average molecular weight is 458 g/mol. The molecular weight excluding hydrogens is 434 g/mol. The smallest absolute Gasteiger partial charge is 0.352 e. The lowest BCUT2D eigenvalue weighted by molar-refractivity contribution is 0.0684. The van der Waals surface area contributed by atoms with E-state index in [1.807, 2.05) is 71.4 Å². The number of benzene rings is 3. The highest BCUT2D eigenvalue weighted by molar-refractivity contribution is 6.31. The molecule has 0 unspecified atom stereocenters. The first kappa shape index (κ1) is 21.3. The lowest BCUT2D eigenvalue weighted by Crippen LogP contribution is -2.19. The van der Waals surface area contributed by atoms with E-state index in [1.54, 1.807) is 0 Å². The molecule has 2 aromatic heterocycles. The predicted molar refractivity (Wildman–Crippen MR) is 133 cm³/mol. The number of hydrogen-bond donors (Lipinski definition) is 3. The van der Waals surface area contributed by atoms with Crippen LogP contribution >= 0.6 is 11.6 Å². The second-order valence-corrected chi connectivity index (χ2v) is 8.52. The molecule has 0 spiro atoms. The molecule has 5 aromatic rings. The van der Waals surface area contributed by atoms with Crippen molar-refractivity contribution >= 4 is 39.4 Å². The SMILES string of the molecule is O=C(O)c1c(CNCCc2c[nH]c3ccccc23)c2ccccc2n1Cc1ccccc1Cl. The minimum atomic E-state index is -0.938. The van der Waals surface area contributed by atoms with Gasteiger partial charge in [-0.05, 0) is 42.3 Å². The Labute approximate surface area is 196 Å². The highest BCUT2D eigenvalue weighted by Gasteiger charge is 2.22. The molecule has 166 valence electrons. The van der Waals surface area contributed by atoms with Crippen LogP contribution < -0.4 is 5.32 Å². The van der Waals surface area contributed by atoms with Gasteiger partial charge in [0.25, 0.3) is 0 Å². The van der Waals surface area contributed by atoms with E-state index in [1.165, 1.54) is 10.9 Å². The van der Waals surface area contributed by atoms with Crippen LogP contribution in [0.25, 0.3) is 21.8 Å². The number of nitrogens with one attached hydrogen (secondary N) is 2. The third-order valence-corrected chi connectivity index (χ3v) is 6.48. The quantitative estimate of drug-likeness (QED) is 0.256. The van der Waals surface area contributed by atoms with Crippen molar-refractivity contribution in [3.8, 4) is 0 Å². The second-order valence-electron chi connectivity index (χ2n) is 8.11. The van der Waals surface area contributed by atoms with Crippen molar-refractivity contribution in [2.45, 2.75) is 19.5 Å². The van der Waals surface area contributed by atoms with Gasteiger partial charge in [-0.3, -0.25) is 0 Å². The number of halogens is 1. The number of rotatable bonds is 8. The van der Waals surface area contributed by atoms with Crippen LogP contribution in [0, 0.1) is 0 Å². The van der Waals surface area contributed by atoms with Gasteiger partial charge in [0.1, 0.15) is 5.69 Å². The standard InChI is InChI=1S/C27H24ClN3O2/c28-23-10-4-1-7-19(23)17-31-25-12-6-3-9-21(25)22(26(31)27(32)33)16-29-14-13-18-15-30-24-11-5-2-8-20(18)24/h1-12,15,29-30H,13-14,16-17H2,(H,32,33). The van der Waals surface area contributed by atoms with E-state index >= 15 is 0 Å². The highest BCUT2D eigenvalue weighted by atomic mass is 35.5. The molecule has 0 aliphatic rings. The van der Waals surface area contributed by atoms with Crippen molar-refractivity contribution in [3.63, 3.8) is 0 Å². The molecule has 0 aliphatic heterocycles. The number of H-pyrrole nitrogens is 1. The first-order chi connectivity index (χ1) is 16.1.